The molecule has 0 aliphatic carbocycles. The number of amides is 1. The normalized spacial score (nSPS) is 10.3. The molecule has 0 fully saturated rings. The SMILES string of the molecule is Cc1ccccc1C(=O)Nc1ccc(NCc2ccco2)cc1. The van der Waals surface area contributed by atoms with Crippen LogP contribution < -0.4 is 10.6 Å². The average molecular weight is 306 g/mol. The van der Waals surface area contributed by atoms with Crippen LogP contribution in [0.5, 0.6) is 0 Å². The van der Waals surface area contributed by atoms with Gasteiger partial charge in [0.15, 0.2) is 0 Å². The van der Waals surface area contributed by atoms with Crippen molar-refractivity contribution >= 4 is 17.3 Å². The summed E-state index contributed by atoms with van der Waals surface area (Å²) in [7, 11) is 0. The highest BCUT2D eigenvalue weighted by Crippen LogP contribution is 2.16. The minimum absolute atomic E-state index is 0.0978. The number of rotatable bonds is 5. The van der Waals surface area contributed by atoms with Crippen LogP contribution in [0.3, 0.4) is 0 Å². The minimum Gasteiger partial charge on any atom is -0.467 e. The zero-order chi connectivity index (χ0) is 16.1. The first kappa shape index (κ1) is 14.9. The Hall–Kier alpha value is -3.01. The fraction of sp³-hybridized carbons (Fsp3) is 0.105. The van der Waals surface area contributed by atoms with Gasteiger partial charge in [-0.2, -0.15) is 0 Å². The predicted molar refractivity (Wildman–Crippen MR) is 91.6 cm³/mol. The fourth-order valence-corrected chi connectivity index (χ4v) is 2.30. The van der Waals surface area contributed by atoms with Crippen LogP contribution in [0.2, 0.25) is 0 Å². The van der Waals surface area contributed by atoms with E-state index >= 15 is 0 Å². The second-order valence-corrected chi connectivity index (χ2v) is 5.28. The van der Waals surface area contributed by atoms with Crippen molar-refractivity contribution in [2.24, 2.45) is 0 Å². The van der Waals surface area contributed by atoms with Gasteiger partial charge in [0, 0.05) is 16.9 Å². The highest BCUT2D eigenvalue weighted by atomic mass is 16.3. The summed E-state index contributed by atoms with van der Waals surface area (Å²) in [5.41, 5.74) is 3.38. The van der Waals surface area contributed by atoms with Gasteiger partial charge in [-0.1, -0.05) is 18.2 Å². The molecule has 1 heterocycles. The summed E-state index contributed by atoms with van der Waals surface area (Å²) in [5.74, 6) is 0.779. The predicted octanol–water partition coefficient (Wildman–Crippen LogP) is 4.45. The molecule has 1 amide bonds. The summed E-state index contributed by atoms with van der Waals surface area (Å²) in [6.07, 6.45) is 1.65. The quantitative estimate of drug-likeness (QED) is 0.732. The molecule has 23 heavy (non-hydrogen) atoms. The molecule has 0 atom stereocenters. The molecule has 0 unspecified atom stereocenters. The number of hydrogen-bond acceptors (Lipinski definition) is 3. The lowest BCUT2D eigenvalue weighted by molar-refractivity contribution is 0.102. The van der Waals surface area contributed by atoms with Crippen LogP contribution in [-0.4, -0.2) is 5.91 Å². The van der Waals surface area contributed by atoms with E-state index in [1.807, 2.05) is 67.6 Å². The van der Waals surface area contributed by atoms with Gasteiger partial charge in [0.25, 0.3) is 5.91 Å². The second kappa shape index (κ2) is 6.83. The van der Waals surface area contributed by atoms with Gasteiger partial charge < -0.3 is 15.1 Å². The van der Waals surface area contributed by atoms with Crippen molar-refractivity contribution in [3.8, 4) is 0 Å². The van der Waals surface area contributed by atoms with Crippen molar-refractivity contribution in [2.75, 3.05) is 10.6 Å². The highest BCUT2D eigenvalue weighted by molar-refractivity contribution is 6.05. The molecule has 0 saturated carbocycles. The van der Waals surface area contributed by atoms with E-state index in [4.69, 9.17) is 4.42 Å². The molecule has 3 aromatic rings. The molecule has 0 bridgehead atoms. The third kappa shape index (κ3) is 3.80. The molecule has 2 aromatic carbocycles. The minimum atomic E-state index is -0.0978. The average Bonchev–Trinajstić information content (AvgIpc) is 3.08. The summed E-state index contributed by atoms with van der Waals surface area (Å²) in [6, 6.07) is 18.9. The van der Waals surface area contributed by atoms with E-state index in [1.54, 1.807) is 6.26 Å². The van der Waals surface area contributed by atoms with Gasteiger partial charge in [0.05, 0.1) is 12.8 Å². The first-order chi connectivity index (χ1) is 11.2. The van der Waals surface area contributed by atoms with Crippen LogP contribution in [0.1, 0.15) is 21.7 Å². The van der Waals surface area contributed by atoms with Gasteiger partial charge in [-0.25, -0.2) is 0 Å². The van der Waals surface area contributed by atoms with Crippen LogP contribution in [0.4, 0.5) is 11.4 Å². The Morgan fingerprint density at radius 1 is 0.957 bits per heavy atom. The van der Waals surface area contributed by atoms with Gasteiger partial charge in [-0.3, -0.25) is 4.79 Å². The summed E-state index contributed by atoms with van der Waals surface area (Å²) < 4.78 is 5.27. The maximum atomic E-state index is 12.3. The number of benzene rings is 2. The van der Waals surface area contributed by atoms with Crippen molar-refractivity contribution in [2.45, 2.75) is 13.5 Å². The molecule has 2 N–H and O–H groups in total. The molecular formula is C19H18N2O2. The summed E-state index contributed by atoms with van der Waals surface area (Å²) in [6.45, 7) is 2.55. The van der Waals surface area contributed by atoms with E-state index in [0.29, 0.717) is 12.1 Å². The Labute approximate surface area is 135 Å². The number of nitrogens with one attached hydrogen (secondary N) is 2. The van der Waals surface area contributed by atoms with E-state index in [9.17, 15) is 4.79 Å². The van der Waals surface area contributed by atoms with E-state index in [0.717, 1.165) is 22.7 Å². The van der Waals surface area contributed by atoms with Crippen molar-refractivity contribution < 1.29 is 9.21 Å². The van der Waals surface area contributed by atoms with Gasteiger partial charge in [-0.05, 0) is 55.0 Å². The van der Waals surface area contributed by atoms with E-state index in [-0.39, 0.29) is 5.91 Å². The maximum absolute atomic E-state index is 12.3. The van der Waals surface area contributed by atoms with Gasteiger partial charge in [0.2, 0.25) is 0 Å². The molecule has 116 valence electrons. The molecule has 0 spiro atoms. The number of furan rings is 1. The Morgan fingerprint density at radius 2 is 1.70 bits per heavy atom. The molecular weight excluding hydrogens is 288 g/mol. The standard InChI is InChI=1S/C19H18N2O2/c1-14-5-2-3-7-18(14)19(22)21-16-10-8-15(9-11-16)20-13-17-6-4-12-23-17/h2-12,20H,13H2,1H3,(H,21,22). The summed E-state index contributed by atoms with van der Waals surface area (Å²) >= 11 is 0. The fourth-order valence-electron chi connectivity index (χ4n) is 2.30. The lowest BCUT2D eigenvalue weighted by Crippen LogP contribution is -2.13. The molecule has 0 aliphatic rings. The van der Waals surface area contributed by atoms with Gasteiger partial charge in [0.1, 0.15) is 5.76 Å². The smallest absolute Gasteiger partial charge is 0.255 e. The van der Waals surface area contributed by atoms with Crippen molar-refractivity contribution in [3.63, 3.8) is 0 Å². The maximum Gasteiger partial charge on any atom is 0.255 e. The van der Waals surface area contributed by atoms with Gasteiger partial charge >= 0.3 is 0 Å². The Balaban J connectivity index is 1.61. The Kier molecular flexibility index (Phi) is 4.43. The van der Waals surface area contributed by atoms with Crippen LogP contribution in [0.25, 0.3) is 0 Å². The molecule has 0 saturated heterocycles. The Morgan fingerprint density at radius 3 is 2.39 bits per heavy atom. The number of anilines is 2. The number of aryl methyl sites for hydroxylation is 1. The topological polar surface area (TPSA) is 54.3 Å². The molecule has 1 aromatic heterocycles. The first-order valence-corrected chi connectivity index (χ1v) is 7.46. The van der Waals surface area contributed by atoms with E-state index in [2.05, 4.69) is 10.6 Å². The van der Waals surface area contributed by atoms with Crippen LogP contribution in [0.15, 0.2) is 71.3 Å². The van der Waals surface area contributed by atoms with Crippen molar-refractivity contribution in [1.82, 2.24) is 0 Å². The molecule has 4 heteroatoms. The van der Waals surface area contributed by atoms with E-state index < -0.39 is 0 Å². The summed E-state index contributed by atoms with van der Waals surface area (Å²) in [5, 5.41) is 6.17. The molecule has 0 radical (unpaired) electrons. The zero-order valence-corrected chi connectivity index (χ0v) is 12.9. The molecule has 0 aliphatic heterocycles. The zero-order valence-electron chi connectivity index (χ0n) is 12.9. The van der Waals surface area contributed by atoms with Crippen LogP contribution in [0, 0.1) is 6.92 Å². The monoisotopic (exact) mass is 306 g/mol. The molecule has 3 rings (SSSR count). The van der Waals surface area contributed by atoms with Crippen molar-refractivity contribution in [1.29, 1.82) is 0 Å². The lowest BCUT2D eigenvalue weighted by Gasteiger charge is -2.09. The number of carbonyl (C=O) groups is 1. The van der Waals surface area contributed by atoms with Gasteiger partial charge in [-0.15, -0.1) is 0 Å². The third-order valence-electron chi connectivity index (χ3n) is 3.58. The first-order valence-electron chi connectivity index (χ1n) is 7.46. The largest absolute Gasteiger partial charge is 0.467 e. The second-order valence-electron chi connectivity index (χ2n) is 5.28. The third-order valence-corrected chi connectivity index (χ3v) is 3.58. The number of hydrogen-bond donors (Lipinski definition) is 2. The van der Waals surface area contributed by atoms with E-state index in [1.165, 1.54) is 0 Å². The Bertz CT molecular complexity index is 777. The highest BCUT2D eigenvalue weighted by Gasteiger charge is 2.08. The molecule has 4 nitrogen and oxygen atoms in total. The number of carbonyl (C=O) groups excluding carboxylic acids is 1. The summed E-state index contributed by atoms with van der Waals surface area (Å²) in [4.78, 5) is 12.3. The van der Waals surface area contributed by atoms with Crippen LogP contribution >= 0.6 is 0 Å². The van der Waals surface area contributed by atoms with Crippen LogP contribution in [-0.2, 0) is 6.54 Å². The lowest BCUT2D eigenvalue weighted by atomic mass is 10.1. The van der Waals surface area contributed by atoms with Crippen molar-refractivity contribution in [3.05, 3.63) is 83.8 Å².